The highest BCUT2D eigenvalue weighted by molar-refractivity contribution is 7.93. The maximum absolute atomic E-state index is 12.8. The van der Waals surface area contributed by atoms with Crippen molar-refractivity contribution in [1.29, 1.82) is 0 Å². The SMILES string of the molecule is CC(NS(=O)(=O)C1=Cc2ccccc2CC1)c1nnc2ccccn12. The Labute approximate surface area is 146 Å². The van der Waals surface area contributed by atoms with Crippen LogP contribution >= 0.6 is 0 Å². The van der Waals surface area contributed by atoms with Gasteiger partial charge < -0.3 is 0 Å². The van der Waals surface area contributed by atoms with Gasteiger partial charge in [0, 0.05) is 6.20 Å². The number of pyridine rings is 1. The predicted octanol–water partition coefficient (Wildman–Crippen LogP) is 2.70. The summed E-state index contributed by atoms with van der Waals surface area (Å²) < 4.78 is 30.1. The summed E-state index contributed by atoms with van der Waals surface area (Å²) in [6.45, 7) is 1.78. The van der Waals surface area contributed by atoms with Crippen molar-refractivity contribution in [3.05, 3.63) is 70.5 Å². The van der Waals surface area contributed by atoms with E-state index in [0.717, 1.165) is 12.0 Å². The fraction of sp³-hybridized carbons (Fsp3) is 0.222. The standard InChI is InChI=1S/C18H18N4O2S/c1-13(18-20-19-17-8-4-5-11-22(17)18)21-25(23,24)16-10-9-14-6-2-3-7-15(14)12-16/h2-8,11-13,21H,9-10H2,1H3. The molecule has 1 unspecified atom stereocenters. The maximum atomic E-state index is 12.8. The monoisotopic (exact) mass is 354 g/mol. The lowest BCUT2D eigenvalue weighted by Crippen LogP contribution is -2.30. The number of fused-ring (bicyclic) bond motifs is 2. The third-order valence-corrected chi connectivity index (χ3v) is 6.09. The van der Waals surface area contributed by atoms with Gasteiger partial charge in [-0.1, -0.05) is 30.3 Å². The first kappa shape index (κ1) is 16.0. The second kappa shape index (κ2) is 6.09. The number of nitrogens with one attached hydrogen (secondary N) is 1. The normalized spacial score (nSPS) is 15.6. The third kappa shape index (κ3) is 2.96. The molecule has 25 heavy (non-hydrogen) atoms. The minimum absolute atomic E-state index is 0.409. The highest BCUT2D eigenvalue weighted by Crippen LogP contribution is 2.27. The number of benzene rings is 1. The van der Waals surface area contributed by atoms with Crippen molar-refractivity contribution in [2.24, 2.45) is 0 Å². The van der Waals surface area contributed by atoms with Gasteiger partial charge in [-0.15, -0.1) is 10.2 Å². The molecule has 0 aliphatic heterocycles. The van der Waals surface area contributed by atoms with Crippen molar-refractivity contribution >= 4 is 21.7 Å². The van der Waals surface area contributed by atoms with E-state index in [0.29, 0.717) is 22.8 Å². The van der Waals surface area contributed by atoms with E-state index in [9.17, 15) is 8.42 Å². The fourth-order valence-corrected chi connectivity index (χ4v) is 4.51. The molecule has 2 aromatic heterocycles. The Morgan fingerprint density at radius 2 is 1.88 bits per heavy atom. The molecule has 1 aromatic carbocycles. The minimum Gasteiger partial charge on any atom is -0.285 e. The van der Waals surface area contributed by atoms with Crippen LogP contribution in [0.5, 0.6) is 0 Å². The number of rotatable bonds is 4. The van der Waals surface area contributed by atoms with Crippen molar-refractivity contribution < 1.29 is 8.42 Å². The Kier molecular flexibility index (Phi) is 3.89. The van der Waals surface area contributed by atoms with Gasteiger partial charge in [0.25, 0.3) is 0 Å². The summed E-state index contributed by atoms with van der Waals surface area (Å²) in [7, 11) is -3.59. The largest absolute Gasteiger partial charge is 0.285 e. The van der Waals surface area contributed by atoms with Crippen LogP contribution in [0.4, 0.5) is 0 Å². The molecule has 0 amide bonds. The Hall–Kier alpha value is -2.51. The molecule has 4 rings (SSSR count). The van der Waals surface area contributed by atoms with Crippen LogP contribution in [0.3, 0.4) is 0 Å². The first-order chi connectivity index (χ1) is 12.0. The topological polar surface area (TPSA) is 76.4 Å². The molecule has 1 atom stereocenters. The van der Waals surface area contributed by atoms with Crippen molar-refractivity contribution in [2.45, 2.75) is 25.8 Å². The summed E-state index contributed by atoms with van der Waals surface area (Å²) in [6, 6.07) is 13.0. The van der Waals surface area contributed by atoms with Crippen LogP contribution in [0.25, 0.3) is 11.7 Å². The van der Waals surface area contributed by atoms with Crippen LogP contribution in [0.1, 0.15) is 36.3 Å². The number of aryl methyl sites for hydroxylation is 1. The van der Waals surface area contributed by atoms with Gasteiger partial charge in [0.1, 0.15) is 0 Å². The van der Waals surface area contributed by atoms with E-state index in [1.165, 1.54) is 5.56 Å². The Bertz CT molecular complexity index is 1070. The zero-order valence-corrected chi connectivity index (χ0v) is 14.6. The van der Waals surface area contributed by atoms with Crippen LogP contribution in [0, 0.1) is 0 Å². The molecule has 128 valence electrons. The average molecular weight is 354 g/mol. The Morgan fingerprint density at radius 1 is 1.08 bits per heavy atom. The molecule has 0 radical (unpaired) electrons. The number of aromatic nitrogens is 3. The van der Waals surface area contributed by atoms with E-state index in [-0.39, 0.29) is 0 Å². The van der Waals surface area contributed by atoms with E-state index in [4.69, 9.17) is 0 Å². The van der Waals surface area contributed by atoms with Gasteiger partial charge in [-0.2, -0.15) is 0 Å². The number of hydrogen-bond donors (Lipinski definition) is 1. The maximum Gasteiger partial charge on any atom is 0.237 e. The zero-order chi connectivity index (χ0) is 17.4. The smallest absolute Gasteiger partial charge is 0.237 e. The first-order valence-corrected chi connectivity index (χ1v) is 9.63. The van der Waals surface area contributed by atoms with Gasteiger partial charge in [0.15, 0.2) is 11.5 Å². The van der Waals surface area contributed by atoms with Crippen LogP contribution in [-0.4, -0.2) is 23.0 Å². The average Bonchev–Trinajstić information content (AvgIpc) is 3.05. The molecule has 7 heteroatoms. The molecule has 0 bridgehead atoms. The molecule has 6 nitrogen and oxygen atoms in total. The summed E-state index contributed by atoms with van der Waals surface area (Å²) in [5.74, 6) is 0.566. The van der Waals surface area contributed by atoms with E-state index in [1.54, 1.807) is 17.4 Å². The first-order valence-electron chi connectivity index (χ1n) is 8.15. The second-order valence-electron chi connectivity index (χ2n) is 6.14. The molecule has 3 aromatic rings. The zero-order valence-electron chi connectivity index (χ0n) is 13.8. The number of sulfonamides is 1. The van der Waals surface area contributed by atoms with Gasteiger partial charge in [-0.25, -0.2) is 13.1 Å². The van der Waals surface area contributed by atoms with E-state index < -0.39 is 16.1 Å². The molecule has 1 aliphatic carbocycles. The molecule has 1 aliphatic rings. The molecular formula is C18H18N4O2S. The molecular weight excluding hydrogens is 336 g/mol. The van der Waals surface area contributed by atoms with Gasteiger partial charge in [-0.3, -0.25) is 4.40 Å². The fourth-order valence-electron chi connectivity index (χ4n) is 3.13. The molecule has 0 saturated carbocycles. The predicted molar refractivity (Wildman–Crippen MR) is 96.2 cm³/mol. The van der Waals surface area contributed by atoms with Gasteiger partial charge in [-0.05, 0) is 49.1 Å². The van der Waals surface area contributed by atoms with E-state index >= 15 is 0 Å². The van der Waals surface area contributed by atoms with Crippen LogP contribution < -0.4 is 4.72 Å². The highest BCUT2D eigenvalue weighted by Gasteiger charge is 2.25. The van der Waals surface area contributed by atoms with Gasteiger partial charge in [0.2, 0.25) is 10.0 Å². The van der Waals surface area contributed by atoms with Crippen molar-refractivity contribution in [3.8, 4) is 0 Å². The van der Waals surface area contributed by atoms with E-state index in [2.05, 4.69) is 14.9 Å². The van der Waals surface area contributed by atoms with Crippen molar-refractivity contribution in [2.75, 3.05) is 0 Å². The van der Waals surface area contributed by atoms with Crippen LogP contribution in [-0.2, 0) is 16.4 Å². The second-order valence-corrected chi connectivity index (χ2v) is 7.91. The molecule has 0 saturated heterocycles. The van der Waals surface area contributed by atoms with Gasteiger partial charge >= 0.3 is 0 Å². The lowest BCUT2D eigenvalue weighted by Gasteiger charge is -2.19. The molecule has 0 fully saturated rings. The molecule has 1 N–H and O–H groups in total. The van der Waals surface area contributed by atoms with Crippen LogP contribution in [0.2, 0.25) is 0 Å². The van der Waals surface area contributed by atoms with Crippen LogP contribution in [0.15, 0.2) is 53.6 Å². The third-order valence-electron chi connectivity index (χ3n) is 4.42. The Balaban J connectivity index is 1.63. The van der Waals surface area contributed by atoms with E-state index in [1.807, 2.05) is 48.7 Å². The highest BCUT2D eigenvalue weighted by atomic mass is 32.2. The number of hydrogen-bond acceptors (Lipinski definition) is 4. The summed E-state index contributed by atoms with van der Waals surface area (Å²) >= 11 is 0. The quantitative estimate of drug-likeness (QED) is 0.781. The van der Waals surface area contributed by atoms with Gasteiger partial charge in [0.05, 0.1) is 10.9 Å². The molecule has 0 spiro atoms. The van der Waals surface area contributed by atoms with Crippen molar-refractivity contribution in [3.63, 3.8) is 0 Å². The number of nitrogens with zero attached hydrogens (tertiary/aromatic N) is 3. The Morgan fingerprint density at radius 3 is 2.76 bits per heavy atom. The lowest BCUT2D eigenvalue weighted by atomic mass is 9.98. The summed E-state index contributed by atoms with van der Waals surface area (Å²) in [4.78, 5) is 0.409. The lowest BCUT2D eigenvalue weighted by molar-refractivity contribution is 0.562. The summed E-state index contributed by atoms with van der Waals surface area (Å²) in [6.07, 6.45) is 4.81. The number of allylic oxidation sites excluding steroid dienone is 1. The minimum atomic E-state index is -3.59. The summed E-state index contributed by atoms with van der Waals surface area (Å²) in [5.41, 5.74) is 2.84. The molecule has 2 heterocycles. The van der Waals surface area contributed by atoms with Crippen molar-refractivity contribution in [1.82, 2.24) is 19.3 Å². The summed E-state index contributed by atoms with van der Waals surface area (Å²) in [5, 5.41) is 8.20.